The van der Waals surface area contributed by atoms with Crippen molar-refractivity contribution in [3.63, 3.8) is 0 Å². The Morgan fingerprint density at radius 3 is 2.76 bits per heavy atom. The van der Waals surface area contributed by atoms with Gasteiger partial charge in [-0.1, -0.05) is 12.1 Å². The molecule has 21 heavy (non-hydrogen) atoms. The number of aryl methyl sites for hydroxylation is 1. The Hall–Kier alpha value is -1.20. The number of carbonyl (C=O) groups is 1. The van der Waals surface area contributed by atoms with Crippen LogP contribution in [0.2, 0.25) is 0 Å². The van der Waals surface area contributed by atoms with Crippen LogP contribution >= 0.6 is 11.8 Å². The number of urea groups is 1. The van der Waals surface area contributed by atoms with Crippen molar-refractivity contribution < 1.29 is 9.90 Å². The topological polar surface area (TPSA) is 61.4 Å². The molecular formula is C16H24N2O2S. The molecule has 0 radical (unpaired) electrons. The van der Waals surface area contributed by atoms with Gasteiger partial charge in [-0.15, -0.1) is 11.8 Å². The molecule has 2 amide bonds. The molecule has 4 nitrogen and oxygen atoms in total. The summed E-state index contributed by atoms with van der Waals surface area (Å²) < 4.78 is 0. The number of rotatable bonds is 6. The highest BCUT2D eigenvalue weighted by molar-refractivity contribution is 7.98. The molecule has 1 aromatic carbocycles. The summed E-state index contributed by atoms with van der Waals surface area (Å²) in [5.41, 5.74) is 1.83. The van der Waals surface area contributed by atoms with Gasteiger partial charge in [0.2, 0.25) is 0 Å². The second-order valence-electron chi connectivity index (χ2n) is 5.97. The zero-order valence-electron chi connectivity index (χ0n) is 12.9. The van der Waals surface area contributed by atoms with Gasteiger partial charge in [-0.05, 0) is 56.1 Å². The van der Waals surface area contributed by atoms with Gasteiger partial charge >= 0.3 is 6.03 Å². The lowest BCUT2D eigenvalue weighted by molar-refractivity contribution is 0.155. The van der Waals surface area contributed by atoms with Crippen LogP contribution in [0.15, 0.2) is 23.1 Å². The minimum absolute atomic E-state index is 0.0221. The molecule has 0 saturated heterocycles. The molecule has 1 atom stereocenters. The van der Waals surface area contributed by atoms with Crippen LogP contribution in [-0.2, 0) is 6.54 Å². The smallest absolute Gasteiger partial charge is 0.315 e. The number of aliphatic hydroxyl groups is 1. The summed E-state index contributed by atoms with van der Waals surface area (Å²) in [5.74, 6) is 0.398. The van der Waals surface area contributed by atoms with Crippen molar-refractivity contribution in [3.05, 3.63) is 29.3 Å². The van der Waals surface area contributed by atoms with Crippen LogP contribution < -0.4 is 10.6 Å². The van der Waals surface area contributed by atoms with Gasteiger partial charge in [-0.2, -0.15) is 0 Å². The van der Waals surface area contributed by atoms with E-state index in [-0.39, 0.29) is 12.6 Å². The summed E-state index contributed by atoms with van der Waals surface area (Å²) in [5, 5.41) is 15.3. The standard InChI is InChI=1S/C16H24N2O2S/c1-11-4-5-12(14(8-11)21-3)9-17-15(20)18-16(2,10-19)13-6-7-13/h4-5,8,13,19H,6-7,9-10H2,1-3H3,(H2,17,18,20)/t16-/m1/s1. The fraction of sp³-hybridized carbons (Fsp3) is 0.562. The highest BCUT2D eigenvalue weighted by atomic mass is 32.2. The monoisotopic (exact) mass is 308 g/mol. The third-order valence-corrected chi connectivity index (χ3v) is 4.91. The SMILES string of the molecule is CSc1cc(C)ccc1CNC(=O)N[C@](C)(CO)C1CC1. The third kappa shape index (κ3) is 4.14. The molecular weight excluding hydrogens is 284 g/mol. The zero-order valence-corrected chi connectivity index (χ0v) is 13.7. The number of amides is 2. The number of nitrogens with one attached hydrogen (secondary N) is 2. The Bertz CT molecular complexity index is 517. The number of thioether (sulfide) groups is 1. The molecule has 1 aliphatic carbocycles. The molecule has 116 valence electrons. The second kappa shape index (κ2) is 6.71. The predicted octanol–water partition coefficient (Wildman–Crippen LogP) is 2.68. The van der Waals surface area contributed by atoms with Gasteiger partial charge in [0.25, 0.3) is 0 Å². The van der Waals surface area contributed by atoms with Crippen molar-refractivity contribution in [3.8, 4) is 0 Å². The number of hydrogen-bond acceptors (Lipinski definition) is 3. The van der Waals surface area contributed by atoms with Crippen LogP contribution in [-0.4, -0.2) is 29.5 Å². The predicted molar refractivity (Wildman–Crippen MR) is 86.5 cm³/mol. The second-order valence-corrected chi connectivity index (χ2v) is 6.82. The van der Waals surface area contributed by atoms with Crippen LogP contribution in [0.5, 0.6) is 0 Å². The summed E-state index contributed by atoms with van der Waals surface area (Å²) in [6.45, 7) is 4.44. The summed E-state index contributed by atoms with van der Waals surface area (Å²) in [6, 6.07) is 6.01. The minimum Gasteiger partial charge on any atom is -0.394 e. The molecule has 1 aliphatic rings. The summed E-state index contributed by atoms with van der Waals surface area (Å²) >= 11 is 1.68. The Morgan fingerprint density at radius 2 is 2.19 bits per heavy atom. The average Bonchev–Trinajstić information content (AvgIpc) is 3.30. The molecule has 1 fully saturated rings. The van der Waals surface area contributed by atoms with E-state index in [2.05, 4.69) is 29.7 Å². The molecule has 5 heteroatoms. The molecule has 3 N–H and O–H groups in total. The van der Waals surface area contributed by atoms with Gasteiger partial charge in [-0.3, -0.25) is 0 Å². The van der Waals surface area contributed by atoms with Crippen molar-refractivity contribution in [2.24, 2.45) is 5.92 Å². The highest BCUT2D eigenvalue weighted by Crippen LogP contribution is 2.39. The van der Waals surface area contributed by atoms with E-state index in [0.29, 0.717) is 12.5 Å². The van der Waals surface area contributed by atoms with E-state index in [1.165, 1.54) is 10.5 Å². The molecule has 0 heterocycles. The summed E-state index contributed by atoms with van der Waals surface area (Å²) in [4.78, 5) is 13.2. The Labute approximate surface area is 130 Å². The Morgan fingerprint density at radius 1 is 1.48 bits per heavy atom. The Balaban J connectivity index is 1.92. The van der Waals surface area contributed by atoms with Crippen LogP contribution in [0.3, 0.4) is 0 Å². The fourth-order valence-corrected chi connectivity index (χ4v) is 3.17. The number of carbonyl (C=O) groups excluding carboxylic acids is 1. The molecule has 0 bridgehead atoms. The van der Waals surface area contributed by atoms with E-state index >= 15 is 0 Å². The molecule has 0 unspecified atom stereocenters. The van der Waals surface area contributed by atoms with Crippen LogP contribution in [0.1, 0.15) is 30.9 Å². The first-order valence-electron chi connectivity index (χ1n) is 7.29. The van der Waals surface area contributed by atoms with Crippen LogP contribution in [0.25, 0.3) is 0 Å². The van der Waals surface area contributed by atoms with E-state index in [4.69, 9.17) is 0 Å². The van der Waals surface area contributed by atoms with Gasteiger partial charge in [0.05, 0.1) is 12.1 Å². The van der Waals surface area contributed by atoms with Crippen molar-refractivity contribution in [2.75, 3.05) is 12.9 Å². The van der Waals surface area contributed by atoms with E-state index in [9.17, 15) is 9.90 Å². The third-order valence-electron chi connectivity index (χ3n) is 4.09. The van der Waals surface area contributed by atoms with Gasteiger partial charge in [0.1, 0.15) is 0 Å². The fourth-order valence-electron chi connectivity index (χ4n) is 2.47. The number of aliphatic hydroxyl groups excluding tert-OH is 1. The minimum atomic E-state index is -0.500. The maximum atomic E-state index is 12.0. The Kier molecular flexibility index (Phi) is 5.17. The van der Waals surface area contributed by atoms with E-state index in [0.717, 1.165) is 18.4 Å². The first-order chi connectivity index (χ1) is 9.98. The van der Waals surface area contributed by atoms with Gasteiger partial charge in [0, 0.05) is 11.4 Å². The van der Waals surface area contributed by atoms with Crippen molar-refractivity contribution in [2.45, 2.75) is 43.7 Å². The maximum Gasteiger partial charge on any atom is 0.315 e. The molecule has 0 aromatic heterocycles. The highest BCUT2D eigenvalue weighted by Gasteiger charge is 2.42. The first kappa shape index (κ1) is 16.2. The van der Waals surface area contributed by atoms with E-state index < -0.39 is 5.54 Å². The molecule has 1 aromatic rings. The summed E-state index contributed by atoms with van der Waals surface area (Å²) in [7, 11) is 0. The lowest BCUT2D eigenvalue weighted by Gasteiger charge is -2.28. The van der Waals surface area contributed by atoms with Gasteiger partial charge in [0.15, 0.2) is 0 Å². The van der Waals surface area contributed by atoms with E-state index in [1.807, 2.05) is 19.2 Å². The molecule has 2 rings (SSSR count). The van der Waals surface area contributed by atoms with Crippen LogP contribution in [0.4, 0.5) is 4.79 Å². The zero-order chi connectivity index (χ0) is 15.5. The largest absolute Gasteiger partial charge is 0.394 e. The quantitative estimate of drug-likeness (QED) is 0.708. The lowest BCUT2D eigenvalue weighted by atomic mass is 9.97. The normalized spacial score (nSPS) is 17.1. The lowest BCUT2D eigenvalue weighted by Crippen LogP contribution is -2.53. The van der Waals surface area contributed by atoms with Gasteiger partial charge in [-0.25, -0.2) is 4.79 Å². The molecule has 0 spiro atoms. The molecule has 0 aliphatic heterocycles. The van der Waals surface area contributed by atoms with Gasteiger partial charge < -0.3 is 15.7 Å². The number of hydrogen-bond donors (Lipinski definition) is 3. The van der Waals surface area contributed by atoms with E-state index in [1.54, 1.807) is 11.8 Å². The van der Waals surface area contributed by atoms with Crippen LogP contribution in [0, 0.1) is 12.8 Å². The van der Waals surface area contributed by atoms with Crippen molar-refractivity contribution in [1.82, 2.24) is 10.6 Å². The average molecular weight is 308 g/mol. The maximum absolute atomic E-state index is 12.0. The van der Waals surface area contributed by atoms with Crippen molar-refractivity contribution >= 4 is 17.8 Å². The first-order valence-corrected chi connectivity index (χ1v) is 8.51. The summed E-state index contributed by atoms with van der Waals surface area (Å²) in [6.07, 6.45) is 4.19. The number of benzene rings is 1. The molecule has 1 saturated carbocycles. The van der Waals surface area contributed by atoms with Crippen molar-refractivity contribution in [1.29, 1.82) is 0 Å².